The van der Waals surface area contributed by atoms with Crippen molar-refractivity contribution in [2.24, 2.45) is 0 Å². The monoisotopic (exact) mass is 433 g/mol. The van der Waals surface area contributed by atoms with E-state index < -0.39 is 11.0 Å². The first-order valence-corrected chi connectivity index (χ1v) is 10.4. The van der Waals surface area contributed by atoms with Crippen LogP contribution in [0.25, 0.3) is 10.9 Å². The van der Waals surface area contributed by atoms with E-state index in [2.05, 4.69) is 26.1 Å². The number of methoxy groups -OCH3 is 1. The molecule has 1 saturated heterocycles. The minimum absolute atomic E-state index is 0.764. The van der Waals surface area contributed by atoms with E-state index in [1.807, 2.05) is 52.6 Å². The highest BCUT2D eigenvalue weighted by Gasteiger charge is 2.18. The molecule has 0 bridgehead atoms. The fourth-order valence-corrected chi connectivity index (χ4v) is 4.80. The normalized spacial score (nSPS) is 16.0. The van der Waals surface area contributed by atoms with Gasteiger partial charge in [0.15, 0.2) is 11.0 Å². The maximum absolute atomic E-state index is 13.2. The van der Waals surface area contributed by atoms with Gasteiger partial charge in [-0.1, -0.05) is 15.9 Å². The lowest BCUT2D eigenvalue weighted by Gasteiger charge is -2.30. The zero-order valence-electron chi connectivity index (χ0n) is 14.4. The Morgan fingerprint density at radius 2 is 1.92 bits per heavy atom. The third-order valence-corrected chi connectivity index (χ3v) is 6.43. The largest absolute Gasteiger partial charge is 0.495 e. The lowest BCUT2D eigenvalue weighted by atomic mass is 10.2. The van der Waals surface area contributed by atoms with Crippen LogP contribution in [0.3, 0.4) is 0 Å². The molecule has 1 aliphatic rings. The molecule has 1 atom stereocenters. The van der Waals surface area contributed by atoms with Gasteiger partial charge in [0.1, 0.15) is 5.75 Å². The summed E-state index contributed by atoms with van der Waals surface area (Å²) in [7, 11) is 0.357. The number of aromatic nitrogens is 1. The summed E-state index contributed by atoms with van der Waals surface area (Å²) < 4.78 is 21.6. The summed E-state index contributed by atoms with van der Waals surface area (Å²) in [6, 6.07) is 13.7. The second-order valence-corrected chi connectivity index (χ2v) is 8.44. The average Bonchev–Trinajstić information content (AvgIpc) is 3.10. The molecule has 1 aromatic heterocycles. The number of benzene rings is 2. The third-order valence-electron chi connectivity index (χ3n) is 4.60. The molecular formula is C19H20BrN3O2S. The first kappa shape index (κ1) is 17.6. The molecule has 7 heteroatoms. The average molecular weight is 434 g/mol. The van der Waals surface area contributed by atoms with Gasteiger partial charge < -0.3 is 15.0 Å². The number of fused-ring (bicyclic) bond motifs is 1. The molecule has 2 aromatic carbocycles. The van der Waals surface area contributed by atoms with Crippen molar-refractivity contribution in [3.8, 4) is 5.75 Å². The third kappa shape index (κ3) is 3.26. The highest BCUT2D eigenvalue weighted by Crippen LogP contribution is 2.32. The van der Waals surface area contributed by atoms with Crippen LogP contribution in [0.2, 0.25) is 0 Å². The van der Waals surface area contributed by atoms with Crippen LogP contribution in [0.15, 0.2) is 58.0 Å². The second kappa shape index (κ2) is 7.42. The van der Waals surface area contributed by atoms with Crippen LogP contribution in [-0.4, -0.2) is 41.5 Å². The van der Waals surface area contributed by atoms with Gasteiger partial charge in [0.2, 0.25) is 0 Å². The molecule has 4 rings (SSSR count). The lowest BCUT2D eigenvalue weighted by Crippen LogP contribution is -2.43. The van der Waals surface area contributed by atoms with Crippen LogP contribution in [-0.2, 0) is 11.0 Å². The molecular weight excluding hydrogens is 414 g/mol. The van der Waals surface area contributed by atoms with Gasteiger partial charge in [0.05, 0.1) is 23.2 Å². The van der Waals surface area contributed by atoms with Crippen LogP contribution < -0.4 is 15.0 Å². The van der Waals surface area contributed by atoms with Crippen LogP contribution in [0.1, 0.15) is 0 Å². The number of nitrogens with zero attached hydrogens (tertiary/aromatic N) is 2. The van der Waals surface area contributed by atoms with Gasteiger partial charge in [-0.3, -0.25) is 3.97 Å². The van der Waals surface area contributed by atoms with Gasteiger partial charge >= 0.3 is 0 Å². The predicted octanol–water partition coefficient (Wildman–Crippen LogP) is 3.39. The first-order chi connectivity index (χ1) is 12.7. The molecule has 136 valence electrons. The molecule has 26 heavy (non-hydrogen) atoms. The summed E-state index contributed by atoms with van der Waals surface area (Å²) in [4.78, 5) is 3.04. The molecule has 0 spiro atoms. The van der Waals surface area contributed by atoms with Crippen LogP contribution in [0, 0.1) is 0 Å². The van der Waals surface area contributed by atoms with E-state index in [1.54, 1.807) is 7.11 Å². The molecule has 5 nitrogen and oxygen atoms in total. The Balaban J connectivity index is 1.73. The number of hydrogen-bond acceptors (Lipinski definition) is 4. The quantitative estimate of drug-likeness (QED) is 0.684. The van der Waals surface area contributed by atoms with E-state index in [-0.39, 0.29) is 0 Å². The van der Waals surface area contributed by atoms with Crippen molar-refractivity contribution in [2.45, 2.75) is 4.90 Å². The van der Waals surface area contributed by atoms with Crippen LogP contribution >= 0.6 is 15.9 Å². The molecule has 0 aliphatic carbocycles. The highest BCUT2D eigenvalue weighted by atomic mass is 79.9. The van der Waals surface area contributed by atoms with Gasteiger partial charge in [-0.05, 0) is 42.5 Å². The molecule has 0 amide bonds. The molecule has 2 heterocycles. The molecule has 1 unspecified atom stereocenters. The number of nitrogens with one attached hydrogen (secondary N) is 1. The highest BCUT2D eigenvalue weighted by molar-refractivity contribution is 9.10. The fourth-order valence-electron chi connectivity index (χ4n) is 3.28. The van der Waals surface area contributed by atoms with Crippen LogP contribution in [0.4, 0.5) is 5.69 Å². The van der Waals surface area contributed by atoms with E-state index in [0.717, 1.165) is 57.9 Å². The summed E-state index contributed by atoms with van der Waals surface area (Å²) in [5.41, 5.74) is 1.95. The molecule has 1 fully saturated rings. The topological polar surface area (TPSA) is 46.5 Å². The van der Waals surface area contributed by atoms with Crippen molar-refractivity contribution in [3.05, 3.63) is 53.1 Å². The SMILES string of the molecule is COc1ccc(S(=O)n2ccc3cc(Br)ccc32)cc1N1CCNCC1. The number of anilines is 1. The number of halogens is 1. The predicted molar refractivity (Wildman–Crippen MR) is 110 cm³/mol. The molecule has 0 saturated carbocycles. The fraction of sp³-hybridized carbons (Fsp3) is 0.263. The minimum Gasteiger partial charge on any atom is -0.495 e. The summed E-state index contributed by atoms with van der Waals surface area (Å²) in [6.07, 6.45) is 1.88. The van der Waals surface area contributed by atoms with Crippen molar-refractivity contribution in [2.75, 3.05) is 38.2 Å². The van der Waals surface area contributed by atoms with Gasteiger partial charge in [0.25, 0.3) is 0 Å². The van der Waals surface area contributed by atoms with E-state index in [9.17, 15) is 4.21 Å². The van der Waals surface area contributed by atoms with Gasteiger partial charge in [0, 0.05) is 42.2 Å². The van der Waals surface area contributed by atoms with Crippen molar-refractivity contribution in [1.29, 1.82) is 0 Å². The van der Waals surface area contributed by atoms with E-state index >= 15 is 0 Å². The first-order valence-electron chi connectivity index (χ1n) is 8.50. The summed E-state index contributed by atoms with van der Waals surface area (Å²) in [6.45, 7) is 3.70. The number of piperazine rings is 1. The Kier molecular flexibility index (Phi) is 5.02. The van der Waals surface area contributed by atoms with Gasteiger partial charge in [-0.2, -0.15) is 0 Å². The van der Waals surface area contributed by atoms with E-state index in [0.29, 0.717) is 0 Å². The number of ether oxygens (including phenoxy) is 1. The Morgan fingerprint density at radius 3 is 2.69 bits per heavy atom. The van der Waals surface area contributed by atoms with Crippen molar-refractivity contribution < 1.29 is 8.95 Å². The zero-order chi connectivity index (χ0) is 18.1. The van der Waals surface area contributed by atoms with Crippen molar-refractivity contribution in [3.63, 3.8) is 0 Å². The molecule has 0 radical (unpaired) electrons. The lowest BCUT2D eigenvalue weighted by molar-refractivity contribution is 0.412. The smallest absolute Gasteiger partial charge is 0.157 e. The van der Waals surface area contributed by atoms with Gasteiger partial charge in [-0.25, -0.2) is 4.21 Å². The maximum Gasteiger partial charge on any atom is 0.157 e. The summed E-state index contributed by atoms with van der Waals surface area (Å²) in [5, 5.41) is 4.41. The Bertz CT molecular complexity index is 967. The Hall–Kier alpha value is -1.83. The van der Waals surface area contributed by atoms with Gasteiger partial charge in [-0.15, -0.1) is 0 Å². The Morgan fingerprint density at radius 1 is 1.12 bits per heavy atom. The Labute approximate surface area is 163 Å². The van der Waals surface area contributed by atoms with E-state index in [4.69, 9.17) is 4.74 Å². The second-order valence-electron chi connectivity index (χ2n) is 6.16. The van der Waals surface area contributed by atoms with Crippen LogP contribution in [0.5, 0.6) is 5.75 Å². The summed E-state index contributed by atoms with van der Waals surface area (Å²) in [5.74, 6) is 0.814. The zero-order valence-corrected chi connectivity index (χ0v) is 16.8. The summed E-state index contributed by atoms with van der Waals surface area (Å²) >= 11 is 3.48. The minimum atomic E-state index is -1.32. The van der Waals surface area contributed by atoms with Crippen molar-refractivity contribution >= 4 is 43.5 Å². The standard InChI is InChI=1S/C19H20BrN3O2S/c1-25-19-5-3-16(13-18(19)22-10-7-21-8-11-22)26(24)23-9-6-14-12-15(20)2-4-17(14)23/h2-6,9,12-13,21H,7-8,10-11H2,1H3. The molecule has 1 aliphatic heterocycles. The number of rotatable bonds is 4. The van der Waals surface area contributed by atoms with Crippen molar-refractivity contribution in [1.82, 2.24) is 9.29 Å². The van der Waals surface area contributed by atoms with E-state index in [1.165, 1.54) is 0 Å². The molecule has 3 aromatic rings. The maximum atomic E-state index is 13.2. The molecule has 1 N–H and O–H groups in total. The number of hydrogen-bond donors (Lipinski definition) is 1.